The van der Waals surface area contributed by atoms with Gasteiger partial charge in [-0.15, -0.1) is 5.10 Å². The number of carbonyl (C=O) groups excluding carboxylic acids is 2. The molecule has 1 saturated heterocycles. The molecule has 3 N–H and O–H groups in total. The molecule has 1 fully saturated rings. The number of rotatable bonds is 8. The van der Waals surface area contributed by atoms with Crippen LogP contribution in [0.25, 0.3) is 0 Å². The van der Waals surface area contributed by atoms with Crippen LogP contribution in [0.5, 0.6) is 0 Å². The van der Waals surface area contributed by atoms with E-state index in [0.717, 1.165) is 24.6 Å². The lowest BCUT2D eigenvalue weighted by molar-refractivity contribution is -0.122. The molecule has 2 aromatic rings. The van der Waals surface area contributed by atoms with Gasteiger partial charge in [0, 0.05) is 12.3 Å². The number of carbonyl (C=O) groups is 2. The maximum absolute atomic E-state index is 12.8. The number of aromatic amines is 1. The Morgan fingerprint density at radius 3 is 2.82 bits per heavy atom. The Kier molecular flexibility index (Phi) is 6.82. The molecule has 2 heterocycles. The summed E-state index contributed by atoms with van der Waals surface area (Å²) in [6.07, 6.45) is 1.81. The number of thioether (sulfide) groups is 1. The number of amides is 2. The Labute approximate surface area is 164 Å². The highest BCUT2D eigenvalue weighted by Crippen LogP contribution is 2.17. The lowest BCUT2D eigenvalue weighted by atomic mass is 10.2. The van der Waals surface area contributed by atoms with Gasteiger partial charge in [0.25, 0.3) is 0 Å². The number of hydrogen-bond donors (Lipinski definition) is 3. The molecule has 0 radical (unpaired) electrons. The monoisotopic (exact) mass is 409 g/mol. The first-order valence-electron chi connectivity index (χ1n) is 8.73. The van der Waals surface area contributed by atoms with Crippen LogP contribution in [-0.2, 0) is 20.9 Å². The quantitative estimate of drug-likeness (QED) is 0.554. The first kappa shape index (κ1) is 20.1. The molecule has 1 aliphatic heterocycles. The first-order chi connectivity index (χ1) is 13.5. The van der Waals surface area contributed by atoms with Crippen molar-refractivity contribution in [2.75, 3.05) is 24.2 Å². The fourth-order valence-corrected chi connectivity index (χ4v) is 3.45. The second-order valence-corrected chi connectivity index (χ2v) is 7.12. The van der Waals surface area contributed by atoms with Gasteiger partial charge < -0.3 is 15.4 Å². The van der Waals surface area contributed by atoms with Gasteiger partial charge in [0.05, 0.1) is 24.9 Å². The number of nitrogens with one attached hydrogen (secondary N) is 3. The third-order valence-corrected chi connectivity index (χ3v) is 5.02. The minimum absolute atomic E-state index is 0.000352. The molecule has 0 spiro atoms. The molecule has 1 atom stereocenters. The highest BCUT2D eigenvalue weighted by Gasteiger charge is 2.20. The van der Waals surface area contributed by atoms with Crippen LogP contribution in [0.3, 0.4) is 0 Å². The number of nitrogens with zero attached hydrogens (tertiary/aromatic N) is 2. The molecule has 1 aromatic carbocycles. The van der Waals surface area contributed by atoms with E-state index in [2.05, 4.69) is 20.8 Å². The average Bonchev–Trinajstić information content (AvgIpc) is 3.31. The molecule has 1 aliphatic rings. The van der Waals surface area contributed by atoms with Crippen LogP contribution >= 0.6 is 11.8 Å². The number of benzene rings is 1. The second-order valence-electron chi connectivity index (χ2n) is 6.18. The van der Waals surface area contributed by atoms with Crippen molar-refractivity contribution in [2.24, 2.45) is 0 Å². The largest absolute Gasteiger partial charge is 0.376 e. The Morgan fingerprint density at radius 2 is 2.11 bits per heavy atom. The molecule has 150 valence electrons. The van der Waals surface area contributed by atoms with Crippen LogP contribution in [-0.4, -0.2) is 51.6 Å². The molecular weight excluding hydrogens is 389 g/mol. The lowest BCUT2D eigenvalue weighted by Gasteiger charge is -2.11. The van der Waals surface area contributed by atoms with Gasteiger partial charge in [0.2, 0.25) is 11.8 Å². The topological polar surface area (TPSA) is 118 Å². The van der Waals surface area contributed by atoms with Crippen molar-refractivity contribution in [3.8, 4) is 0 Å². The normalized spacial score (nSPS) is 16.1. The minimum atomic E-state index is -0.431. The van der Waals surface area contributed by atoms with Gasteiger partial charge in [-0.1, -0.05) is 11.8 Å². The summed E-state index contributed by atoms with van der Waals surface area (Å²) in [5.74, 6) is -1.21. The molecule has 28 heavy (non-hydrogen) atoms. The van der Waals surface area contributed by atoms with Crippen LogP contribution in [0.15, 0.2) is 34.2 Å². The van der Waals surface area contributed by atoms with Crippen LogP contribution in [0.4, 0.5) is 10.1 Å². The molecule has 0 bridgehead atoms. The zero-order chi connectivity index (χ0) is 19.9. The summed E-state index contributed by atoms with van der Waals surface area (Å²) >= 11 is 1.10. The van der Waals surface area contributed by atoms with E-state index in [0.29, 0.717) is 24.0 Å². The summed E-state index contributed by atoms with van der Waals surface area (Å²) in [6, 6.07) is 5.31. The summed E-state index contributed by atoms with van der Waals surface area (Å²) in [7, 11) is 0. The van der Waals surface area contributed by atoms with Crippen molar-refractivity contribution in [3.05, 3.63) is 40.6 Å². The predicted octanol–water partition coefficient (Wildman–Crippen LogP) is 0.736. The summed E-state index contributed by atoms with van der Waals surface area (Å²) < 4.78 is 19.8. The predicted molar refractivity (Wildman–Crippen MR) is 101 cm³/mol. The van der Waals surface area contributed by atoms with Crippen molar-refractivity contribution in [3.63, 3.8) is 0 Å². The number of ether oxygens (including phenoxy) is 1. The highest BCUT2D eigenvalue weighted by molar-refractivity contribution is 7.99. The van der Waals surface area contributed by atoms with E-state index < -0.39 is 11.7 Å². The highest BCUT2D eigenvalue weighted by atomic mass is 32.2. The van der Waals surface area contributed by atoms with E-state index in [1.165, 1.54) is 28.8 Å². The number of anilines is 1. The van der Waals surface area contributed by atoms with Crippen molar-refractivity contribution in [2.45, 2.75) is 30.6 Å². The van der Waals surface area contributed by atoms with Crippen LogP contribution in [0, 0.1) is 5.82 Å². The molecule has 0 saturated carbocycles. The van der Waals surface area contributed by atoms with Gasteiger partial charge in [-0.2, -0.15) is 0 Å². The molecule has 9 nitrogen and oxygen atoms in total. The molecule has 3 rings (SSSR count). The number of hydrogen-bond acceptors (Lipinski definition) is 6. The van der Waals surface area contributed by atoms with Gasteiger partial charge in [-0.25, -0.2) is 14.3 Å². The van der Waals surface area contributed by atoms with Gasteiger partial charge in [0.15, 0.2) is 5.16 Å². The molecule has 0 unspecified atom stereocenters. The van der Waals surface area contributed by atoms with Crippen LogP contribution in [0.2, 0.25) is 0 Å². The Bertz CT molecular complexity index is 876. The fraction of sp³-hybridized carbons (Fsp3) is 0.412. The summed E-state index contributed by atoms with van der Waals surface area (Å²) in [5.41, 5.74) is 0.0850. The van der Waals surface area contributed by atoms with Crippen LogP contribution in [0.1, 0.15) is 12.8 Å². The standard InChI is InChI=1S/C17H20FN5O4S/c18-11-3-5-12(6-4-11)20-14(24)8-19-15(25)10-28-17-22-21-16(26)23(17)9-13-2-1-7-27-13/h3-6,13H,1-2,7-10H2,(H,19,25)(H,20,24)(H,21,26)/t13-/m1/s1. The van der Waals surface area contributed by atoms with Gasteiger partial charge >= 0.3 is 5.69 Å². The number of aromatic nitrogens is 3. The van der Waals surface area contributed by atoms with Crippen molar-refractivity contribution in [1.29, 1.82) is 0 Å². The number of halogens is 1. The maximum Gasteiger partial charge on any atom is 0.344 e. The zero-order valence-corrected chi connectivity index (χ0v) is 15.8. The molecular formula is C17H20FN5O4S. The van der Waals surface area contributed by atoms with Gasteiger partial charge in [0.1, 0.15) is 5.82 Å². The first-order valence-corrected chi connectivity index (χ1v) is 9.71. The van der Waals surface area contributed by atoms with Gasteiger partial charge in [-0.05, 0) is 37.1 Å². The minimum Gasteiger partial charge on any atom is -0.376 e. The third-order valence-electron chi connectivity index (χ3n) is 4.04. The Hall–Kier alpha value is -2.66. The van der Waals surface area contributed by atoms with E-state index in [-0.39, 0.29) is 30.0 Å². The van der Waals surface area contributed by atoms with Crippen LogP contribution < -0.4 is 16.3 Å². The Balaban J connectivity index is 1.43. The third kappa shape index (κ3) is 5.67. The molecule has 11 heteroatoms. The summed E-state index contributed by atoms with van der Waals surface area (Å²) in [6.45, 7) is 0.849. The van der Waals surface area contributed by atoms with E-state index in [1.807, 2.05) is 0 Å². The number of H-pyrrole nitrogens is 1. The van der Waals surface area contributed by atoms with E-state index in [4.69, 9.17) is 4.74 Å². The lowest BCUT2D eigenvalue weighted by Crippen LogP contribution is -2.34. The van der Waals surface area contributed by atoms with Gasteiger partial charge in [-0.3, -0.25) is 14.2 Å². The average molecular weight is 409 g/mol. The van der Waals surface area contributed by atoms with E-state index in [9.17, 15) is 18.8 Å². The second kappa shape index (κ2) is 9.51. The molecule has 2 amide bonds. The summed E-state index contributed by atoms with van der Waals surface area (Å²) in [4.78, 5) is 35.7. The maximum atomic E-state index is 12.8. The van der Waals surface area contributed by atoms with Crippen molar-refractivity contribution >= 4 is 29.3 Å². The van der Waals surface area contributed by atoms with E-state index >= 15 is 0 Å². The smallest absolute Gasteiger partial charge is 0.344 e. The molecule has 0 aliphatic carbocycles. The SMILES string of the molecule is O=C(CSc1n[nH]c(=O)n1C[C@H]1CCCO1)NCC(=O)Nc1ccc(F)cc1. The fourth-order valence-electron chi connectivity index (χ4n) is 2.66. The van der Waals surface area contributed by atoms with E-state index in [1.54, 1.807) is 0 Å². The van der Waals surface area contributed by atoms with Crippen molar-refractivity contribution < 1.29 is 18.7 Å². The molecule has 1 aromatic heterocycles. The zero-order valence-electron chi connectivity index (χ0n) is 14.9. The van der Waals surface area contributed by atoms with Crippen molar-refractivity contribution in [1.82, 2.24) is 20.1 Å². The Morgan fingerprint density at radius 1 is 1.32 bits per heavy atom. The summed E-state index contributed by atoms with van der Waals surface area (Å²) in [5, 5.41) is 11.7.